The number of methoxy groups -OCH3 is 1. The number of carbonyl (C=O) groups excluding carboxylic acids is 1. The molecular weight excluding hydrogens is 590 g/mol. The lowest BCUT2D eigenvalue weighted by atomic mass is 10.1. The van der Waals surface area contributed by atoms with Crippen LogP contribution < -0.4 is 35.5 Å². The van der Waals surface area contributed by atoms with E-state index >= 15 is 4.39 Å². The molecule has 11 nitrogen and oxygen atoms in total. The molecular formula is C32H28F2N4O7. The summed E-state index contributed by atoms with van der Waals surface area (Å²) < 4.78 is 54.9. The lowest BCUT2D eigenvalue weighted by Crippen LogP contribution is -2.45. The Bertz CT molecular complexity index is 2020. The van der Waals surface area contributed by atoms with Gasteiger partial charge in [-0.1, -0.05) is 12.2 Å². The van der Waals surface area contributed by atoms with Crippen LogP contribution in [0, 0.1) is 5.82 Å². The maximum atomic E-state index is 15.4. The zero-order chi connectivity index (χ0) is 31.8. The largest absolute Gasteiger partial charge is 0.493 e. The average Bonchev–Trinajstić information content (AvgIpc) is 3.02. The van der Waals surface area contributed by atoms with Crippen molar-refractivity contribution in [2.24, 2.45) is 0 Å². The van der Waals surface area contributed by atoms with Gasteiger partial charge in [0.2, 0.25) is 5.75 Å². The Labute approximate surface area is 254 Å². The second-order valence-electron chi connectivity index (χ2n) is 10.6. The lowest BCUT2D eigenvalue weighted by Gasteiger charge is -2.23. The van der Waals surface area contributed by atoms with Crippen molar-refractivity contribution in [3.63, 3.8) is 0 Å². The van der Waals surface area contributed by atoms with Crippen LogP contribution in [0.15, 0.2) is 76.4 Å². The minimum absolute atomic E-state index is 0.0169. The molecule has 0 fully saturated rings. The summed E-state index contributed by atoms with van der Waals surface area (Å²) in [4.78, 5) is 44.1. The van der Waals surface area contributed by atoms with Gasteiger partial charge in [-0.05, 0) is 44.5 Å². The maximum absolute atomic E-state index is 15.4. The first-order valence-corrected chi connectivity index (χ1v) is 14.1. The molecule has 6 rings (SSSR count). The molecule has 0 bridgehead atoms. The summed E-state index contributed by atoms with van der Waals surface area (Å²) in [6, 6.07) is 5.32. The number of halogens is 2. The Morgan fingerprint density at radius 2 is 1.84 bits per heavy atom. The molecule has 2 aromatic heterocycles. The number of carbonyl (C=O) groups is 1. The fourth-order valence-electron chi connectivity index (χ4n) is 5.20. The van der Waals surface area contributed by atoms with Crippen molar-refractivity contribution in [1.29, 1.82) is 0 Å². The minimum Gasteiger partial charge on any atom is -0.493 e. The lowest BCUT2D eigenvalue weighted by molar-refractivity contribution is 0.102. The highest BCUT2D eigenvalue weighted by molar-refractivity contribution is 6.04. The molecule has 4 aromatic rings. The number of nitrogens with one attached hydrogen (secondary N) is 1. The van der Waals surface area contributed by atoms with E-state index in [1.807, 2.05) is 0 Å². The number of aromatic nitrogens is 3. The molecule has 232 valence electrons. The van der Waals surface area contributed by atoms with Gasteiger partial charge >= 0.3 is 5.69 Å². The molecule has 0 radical (unpaired) electrons. The van der Waals surface area contributed by atoms with Crippen molar-refractivity contribution in [3.8, 4) is 28.7 Å². The topological polar surface area (TPSA) is 123 Å². The van der Waals surface area contributed by atoms with Crippen LogP contribution in [0.5, 0.6) is 28.7 Å². The first-order chi connectivity index (χ1) is 21.7. The third-order valence-corrected chi connectivity index (χ3v) is 7.40. The van der Waals surface area contributed by atoms with E-state index < -0.39 is 46.4 Å². The second kappa shape index (κ2) is 11.9. The molecule has 1 unspecified atom stereocenters. The first kappa shape index (κ1) is 29.6. The summed E-state index contributed by atoms with van der Waals surface area (Å²) in [5.41, 5.74) is -1.62. The monoisotopic (exact) mass is 618 g/mol. The van der Waals surface area contributed by atoms with Crippen molar-refractivity contribution in [2.45, 2.75) is 32.4 Å². The average molecular weight is 619 g/mol. The third-order valence-electron chi connectivity index (χ3n) is 7.40. The fourth-order valence-corrected chi connectivity index (χ4v) is 5.20. The molecule has 0 saturated heterocycles. The van der Waals surface area contributed by atoms with Crippen molar-refractivity contribution in [3.05, 3.63) is 99.0 Å². The van der Waals surface area contributed by atoms with Crippen LogP contribution >= 0.6 is 0 Å². The van der Waals surface area contributed by atoms with Crippen LogP contribution in [0.1, 0.15) is 42.7 Å². The molecule has 1 aliphatic heterocycles. The van der Waals surface area contributed by atoms with Gasteiger partial charge in [-0.2, -0.15) is 0 Å². The second-order valence-corrected chi connectivity index (χ2v) is 10.6. The highest BCUT2D eigenvalue weighted by atomic mass is 19.1. The SMILES string of the molecule is COc1cc2nccc(Oc3ccc(NC(=O)c4cn(C(C)C)c(=O)n(C5CC=CC=C5F)c4=O)cc3F)c2c2c1OCCO2. The van der Waals surface area contributed by atoms with Gasteiger partial charge in [0.05, 0.1) is 24.1 Å². The molecule has 13 heteroatoms. The van der Waals surface area contributed by atoms with Crippen LogP contribution in [-0.4, -0.2) is 40.3 Å². The highest BCUT2D eigenvalue weighted by Crippen LogP contribution is 2.48. The maximum Gasteiger partial charge on any atom is 0.331 e. The Kier molecular flexibility index (Phi) is 7.83. The van der Waals surface area contributed by atoms with Crippen molar-refractivity contribution < 1.29 is 32.5 Å². The van der Waals surface area contributed by atoms with E-state index in [0.29, 0.717) is 34.8 Å². The molecule has 1 atom stereocenters. The van der Waals surface area contributed by atoms with E-state index in [0.717, 1.165) is 16.8 Å². The number of nitrogens with zero attached hydrogens (tertiary/aromatic N) is 3. The van der Waals surface area contributed by atoms with E-state index in [2.05, 4.69) is 10.3 Å². The van der Waals surface area contributed by atoms with Gasteiger partial charge in [0.15, 0.2) is 23.1 Å². The van der Waals surface area contributed by atoms with Gasteiger partial charge in [0.1, 0.15) is 30.4 Å². The van der Waals surface area contributed by atoms with E-state index in [9.17, 15) is 18.8 Å². The van der Waals surface area contributed by atoms with Crippen molar-refractivity contribution in [1.82, 2.24) is 14.1 Å². The standard InChI is InChI=1S/C32H28F2N4O7/c1-17(2)37-16-19(31(40)38(32(37)41)23-7-5-4-6-20(23)33)30(39)36-18-8-9-24(21(34)14-18)45-25-10-11-35-22-15-26(42-3)28-29(27(22)25)44-13-12-43-28/h4-6,8-11,14-17,23H,7,12-13H2,1-3H3,(H,36,39). The van der Waals surface area contributed by atoms with Crippen molar-refractivity contribution in [2.75, 3.05) is 25.6 Å². The number of hydrogen-bond acceptors (Lipinski definition) is 8. The Hall–Kier alpha value is -5.46. The minimum atomic E-state index is -1.19. The number of hydrogen-bond donors (Lipinski definition) is 1. The predicted molar refractivity (Wildman–Crippen MR) is 161 cm³/mol. The van der Waals surface area contributed by atoms with Crippen LogP contribution in [0.3, 0.4) is 0 Å². The summed E-state index contributed by atoms with van der Waals surface area (Å²) in [7, 11) is 1.50. The Morgan fingerprint density at radius 3 is 2.56 bits per heavy atom. The van der Waals surface area contributed by atoms with Gasteiger partial charge in [0.25, 0.3) is 11.5 Å². The molecule has 2 aromatic carbocycles. The number of ether oxygens (including phenoxy) is 4. The van der Waals surface area contributed by atoms with Crippen LogP contribution in [0.25, 0.3) is 10.9 Å². The van der Waals surface area contributed by atoms with Gasteiger partial charge in [-0.15, -0.1) is 0 Å². The molecule has 0 saturated carbocycles. The summed E-state index contributed by atoms with van der Waals surface area (Å²) in [6.45, 7) is 3.99. The smallest absolute Gasteiger partial charge is 0.331 e. The van der Waals surface area contributed by atoms with E-state index in [4.69, 9.17) is 18.9 Å². The molecule has 1 aliphatic carbocycles. The van der Waals surface area contributed by atoms with Crippen LogP contribution in [-0.2, 0) is 0 Å². The molecule has 45 heavy (non-hydrogen) atoms. The van der Waals surface area contributed by atoms with Crippen LogP contribution in [0.4, 0.5) is 14.5 Å². The Balaban J connectivity index is 1.31. The van der Waals surface area contributed by atoms with Gasteiger partial charge in [0, 0.05) is 36.3 Å². The van der Waals surface area contributed by atoms with Crippen molar-refractivity contribution >= 4 is 22.5 Å². The number of rotatable bonds is 7. The third kappa shape index (κ3) is 5.41. The highest BCUT2D eigenvalue weighted by Gasteiger charge is 2.27. The summed E-state index contributed by atoms with van der Waals surface area (Å²) in [5, 5.41) is 2.95. The van der Waals surface area contributed by atoms with E-state index in [1.54, 1.807) is 32.1 Å². The number of anilines is 1. The number of benzene rings is 2. The number of pyridine rings is 1. The molecule has 1 N–H and O–H groups in total. The summed E-state index contributed by atoms with van der Waals surface area (Å²) in [5.74, 6) is -1.14. The normalized spacial score (nSPS) is 15.6. The quantitative estimate of drug-likeness (QED) is 0.290. The van der Waals surface area contributed by atoms with Gasteiger partial charge in [-0.3, -0.25) is 19.1 Å². The number of fused-ring (bicyclic) bond motifs is 3. The fraction of sp³-hybridized carbons (Fsp3) is 0.250. The van der Waals surface area contributed by atoms with Gasteiger partial charge in [-0.25, -0.2) is 18.1 Å². The van der Waals surface area contributed by atoms with Gasteiger partial charge < -0.3 is 24.3 Å². The van der Waals surface area contributed by atoms with E-state index in [-0.39, 0.29) is 30.2 Å². The van der Waals surface area contributed by atoms with Crippen LogP contribution in [0.2, 0.25) is 0 Å². The zero-order valence-electron chi connectivity index (χ0n) is 24.5. The molecule has 0 spiro atoms. The molecule has 3 heterocycles. The number of amides is 1. The first-order valence-electron chi connectivity index (χ1n) is 14.1. The Morgan fingerprint density at radius 1 is 1.07 bits per heavy atom. The molecule has 2 aliphatic rings. The van der Waals surface area contributed by atoms with E-state index in [1.165, 1.54) is 42.2 Å². The zero-order valence-corrected chi connectivity index (χ0v) is 24.5. The number of allylic oxidation sites excluding steroid dienone is 4. The summed E-state index contributed by atoms with van der Waals surface area (Å²) >= 11 is 0. The molecule has 1 amide bonds. The summed E-state index contributed by atoms with van der Waals surface area (Å²) in [6.07, 6.45) is 6.97. The predicted octanol–water partition coefficient (Wildman–Crippen LogP) is 5.46.